The largest absolute Gasteiger partial charge is 0.478 e. The van der Waals surface area contributed by atoms with E-state index in [1.807, 2.05) is 0 Å². The zero-order chi connectivity index (χ0) is 8.72. The lowest BCUT2D eigenvalue weighted by Crippen LogP contribution is -2.49. The first-order valence-corrected chi connectivity index (χ1v) is 4.60. The Balaban J connectivity index is 2.19. The second kappa shape index (κ2) is 2.52. The third-order valence-electron chi connectivity index (χ3n) is 1.95. The molecule has 0 aromatic rings. The predicted molar refractivity (Wildman–Crippen MR) is 43.4 cm³/mol. The summed E-state index contributed by atoms with van der Waals surface area (Å²) < 4.78 is 0. The molecule has 1 atom stereocenters. The lowest BCUT2D eigenvalue weighted by molar-refractivity contribution is -0.137. The molecule has 0 spiro atoms. The van der Waals surface area contributed by atoms with Crippen LogP contribution in [0.1, 0.15) is 6.42 Å². The van der Waals surface area contributed by atoms with Gasteiger partial charge >= 0.3 is 5.97 Å². The van der Waals surface area contributed by atoms with E-state index in [4.69, 9.17) is 5.11 Å². The lowest BCUT2D eigenvalue weighted by atomic mass is 10.2. The highest BCUT2D eigenvalue weighted by Gasteiger charge is 2.38. The first-order valence-electron chi connectivity index (χ1n) is 3.55. The van der Waals surface area contributed by atoms with E-state index in [0.29, 0.717) is 17.7 Å². The number of carbonyl (C=O) groups excluding carboxylic acids is 1. The number of carboxylic acid groups (broad SMARTS) is 1. The smallest absolute Gasteiger partial charge is 0.333 e. The Morgan fingerprint density at radius 1 is 1.75 bits per heavy atom. The SMILES string of the molecule is O=C(O)C1=CN2C(=O)C[C@H]2SC1. The molecular weight excluding hydrogens is 178 g/mol. The van der Waals surface area contributed by atoms with Crippen molar-refractivity contribution in [3.63, 3.8) is 0 Å². The standard InChI is InChI=1S/C7H7NO3S/c9-5-1-6-8(5)2-4(3-12-6)7(10)11/h2,6H,1,3H2,(H,10,11)/t6-/m1/s1. The summed E-state index contributed by atoms with van der Waals surface area (Å²) >= 11 is 1.51. The average molecular weight is 185 g/mol. The Morgan fingerprint density at radius 3 is 3.08 bits per heavy atom. The Hall–Kier alpha value is -0.970. The number of hydrogen-bond acceptors (Lipinski definition) is 3. The van der Waals surface area contributed by atoms with E-state index in [1.165, 1.54) is 22.9 Å². The van der Waals surface area contributed by atoms with E-state index in [1.54, 1.807) is 0 Å². The number of aliphatic carboxylic acids is 1. The minimum atomic E-state index is -0.930. The van der Waals surface area contributed by atoms with Crippen LogP contribution in [0.15, 0.2) is 11.8 Å². The highest BCUT2D eigenvalue weighted by Crippen LogP contribution is 2.35. The molecule has 0 radical (unpaired) electrons. The molecule has 1 fully saturated rings. The van der Waals surface area contributed by atoms with Gasteiger partial charge in [0, 0.05) is 12.0 Å². The Morgan fingerprint density at radius 2 is 2.50 bits per heavy atom. The van der Waals surface area contributed by atoms with Crippen LogP contribution in [0.5, 0.6) is 0 Å². The Kier molecular flexibility index (Phi) is 1.61. The van der Waals surface area contributed by atoms with Crippen LogP contribution in [0, 0.1) is 0 Å². The second-order valence-electron chi connectivity index (χ2n) is 2.73. The average Bonchev–Trinajstić information content (AvgIpc) is 2.02. The van der Waals surface area contributed by atoms with Crippen molar-refractivity contribution in [2.24, 2.45) is 0 Å². The molecule has 5 heteroatoms. The maximum atomic E-state index is 10.9. The molecule has 0 bridgehead atoms. The number of thioether (sulfide) groups is 1. The zero-order valence-electron chi connectivity index (χ0n) is 6.19. The van der Waals surface area contributed by atoms with E-state index in [0.717, 1.165) is 0 Å². The normalized spacial score (nSPS) is 27.3. The fraction of sp³-hybridized carbons (Fsp3) is 0.429. The summed E-state index contributed by atoms with van der Waals surface area (Å²) in [6.07, 6.45) is 2.00. The molecule has 0 saturated carbocycles. The van der Waals surface area contributed by atoms with Crippen molar-refractivity contribution in [1.29, 1.82) is 0 Å². The van der Waals surface area contributed by atoms with Gasteiger partial charge < -0.3 is 10.0 Å². The quantitative estimate of drug-likeness (QED) is 0.595. The molecule has 2 aliphatic rings. The molecule has 2 heterocycles. The number of carboxylic acids is 1. The number of nitrogens with zero attached hydrogens (tertiary/aromatic N) is 1. The van der Waals surface area contributed by atoms with Gasteiger partial charge in [-0.1, -0.05) is 0 Å². The van der Waals surface area contributed by atoms with E-state index in [-0.39, 0.29) is 11.3 Å². The van der Waals surface area contributed by atoms with E-state index >= 15 is 0 Å². The lowest BCUT2D eigenvalue weighted by Gasteiger charge is -2.40. The number of fused-ring (bicyclic) bond motifs is 1. The van der Waals surface area contributed by atoms with Gasteiger partial charge in [-0.2, -0.15) is 0 Å². The minimum Gasteiger partial charge on any atom is -0.478 e. The van der Waals surface area contributed by atoms with Crippen LogP contribution in [0.25, 0.3) is 0 Å². The first kappa shape index (κ1) is 7.67. The molecule has 1 N–H and O–H groups in total. The van der Waals surface area contributed by atoms with Crippen molar-refractivity contribution in [1.82, 2.24) is 4.90 Å². The number of hydrogen-bond donors (Lipinski definition) is 1. The van der Waals surface area contributed by atoms with Crippen LogP contribution < -0.4 is 0 Å². The number of rotatable bonds is 1. The van der Waals surface area contributed by atoms with Crippen molar-refractivity contribution in [3.05, 3.63) is 11.8 Å². The fourth-order valence-electron chi connectivity index (χ4n) is 1.20. The highest BCUT2D eigenvalue weighted by molar-refractivity contribution is 8.00. The molecule has 2 aliphatic heterocycles. The molecule has 0 aliphatic carbocycles. The van der Waals surface area contributed by atoms with E-state index in [9.17, 15) is 9.59 Å². The van der Waals surface area contributed by atoms with Crippen LogP contribution in [-0.2, 0) is 9.59 Å². The molecule has 0 aromatic carbocycles. The van der Waals surface area contributed by atoms with Crippen LogP contribution in [0.4, 0.5) is 0 Å². The third kappa shape index (κ3) is 1.01. The van der Waals surface area contributed by atoms with Gasteiger partial charge in [0.2, 0.25) is 5.91 Å². The van der Waals surface area contributed by atoms with Crippen molar-refractivity contribution in [2.75, 3.05) is 5.75 Å². The van der Waals surface area contributed by atoms with Gasteiger partial charge in [-0.15, -0.1) is 11.8 Å². The molecule has 0 aromatic heterocycles. The maximum absolute atomic E-state index is 10.9. The summed E-state index contributed by atoms with van der Waals surface area (Å²) in [5, 5.41) is 8.83. The molecular formula is C7H7NO3S. The number of β-lactam (4-membered cyclic amide) rings is 1. The molecule has 0 unspecified atom stereocenters. The van der Waals surface area contributed by atoms with Gasteiger partial charge in [0.1, 0.15) is 0 Å². The maximum Gasteiger partial charge on any atom is 0.333 e. The van der Waals surface area contributed by atoms with Crippen LogP contribution in [-0.4, -0.2) is 33.0 Å². The van der Waals surface area contributed by atoms with E-state index < -0.39 is 5.97 Å². The van der Waals surface area contributed by atoms with Gasteiger partial charge in [-0.3, -0.25) is 4.79 Å². The summed E-state index contributed by atoms with van der Waals surface area (Å²) in [6, 6.07) is 0. The van der Waals surface area contributed by atoms with Crippen LogP contribution >= 0.6 is 11.8 Å². The summed E-state index contributed by atoms with van der Waals surface area (Å²) in [7, 11) is 0. The Labute approximate surface area is 73.2 Å². The highest BCUT2D eigenvalue weighted by atomic mass is 32.2. The molecule has 12 heavy (non-hydrogen) atoms. The summed E-state index contributed by atoms with van der Waals surface area (Å²) in [5.41, 5.74) is 0.310. The van der Waals surface area contributed by atoms with Crippen LogP contribution in [0.2, 0.25) is 0 Å². The van der Waals surface area contributed by atoms with Crippen LogP contribution in [0.3, 0.4) is 0 Å². The molecule has 1 amide bonds. The molecule has 64 valence electrons. The van der Waals surface area contributed by atoms with Gasteiger partial charge in [-0.05, 0) is 0 Å². The number of amides is 1. The van der Waals surface area contributed by atoms with Gasteiger partial charge in [0.05, 0.1) is 17.4 Å². The zero-order valence-corrected chi connectivity index (χ0v) is 7.00. The van der Waals surface area contributed by atoms with Crippen molar-refractivity contribution in [3.8, 4) is 0 Å². The predicted octanol–water partition coefficient (Wildman–Crippen LogP) is 0.260. The summed E-state index contributed by atoms with van der Waals surface area (Å²) in [6.45, 7) is 0. The third-order valence-corrected chi connectivity index (χ3v) is 3.20. The van der Waals surface area contributed by atoms with Gasteiger partial charge in [0.25, 0.3) is 0 Å². The van der Waals surface area contributed by atoms with Crippen molar-refractivity contribution >= 4 is 23.6 Å². The second-order valence-corrected chi connectivity index (χ2v) is 3.90. The van der Waals surface area contributed by atoms with E-state index in [2.05, 4.69) is 0 Å². The monoisotopic (exact) mass is 185 g/mol. The summed E-state index contributed by atoms with van der Waals surface area (Å²) in [4.78, 5) is 22.9. The molecule has 4 nitrogen and oxygen atoms in total. The van der Waals surface area contributed by atoms with Gasteiger partial charge in [0.15, 0.2) is 0 Å². The minimum absolute atomic E-state index is 0.0194. The summed E-state index contributed by atoms with van der Waals surface area (Å²) in [5.74, 6) is -0.407. The van der Waals surface area contributed by atoms with Gasteiger partial charge in [-0.25, -0.2) is 4.79 Å². The molecule has 1 saturated heterocycles. The topological polar surface area (TPSA) is 57.6 Å². The first-order chi connectivity index (χ1) is 5.68. The fourth-order valence-corrected chi connectivity index (χ4v) is 2.37. The van der Waals surface area contributed by atoms with Crippen molar-refractivity contribution < 1.29 is 14.7 Å². The molecule has 2 rings (SSSR count). The Bertz CT molecular complexity index is 286. The van der Waals surface area contributed by atoms with Crippen molar-refractivity contribution in [2.45, 2.75) is 11.8 Å². The number of carbonyl (C=O) groups is 2.